The summed E-state index contributed by atoms with van der Waals surface area (Å²) in [5.74, 6) is -2.09. The van der Waals surface area contributed by atoms with E-state index in [1.54, 1.807) is 25.6 Å². The first-order chi connectivity index (χ1) is 14.6. The van der Waals surface area contributed by atoms with Crippen LogP contribution >= 0.6 is 11.3 Å². The maximum atomic E-state index is 12.1. The lowest BCUT2D eigenvalue weighted by Crippen LogP contribution is -2.48. The summed E-state index contributed by atoms with van der Waals surface area (Å²) in [7, 11) is 3.38. The van der Waals surface area contributed by atoms with E-state index in [0.717, 1.165) is 52.2 Å². The highest BCUT2D eigenvalue weighted by Gasteiger charge is 2.48. The Morgan fingerprint density at radius 2 is 1.90 bits per heavy atom. The molecule has 1 aromatic heterocycles. The van der Waals surface area contributed by atoms with Crippen molar-refractivity contribution in [1.82, 2.24) is 9.80 Å². The summed E-state index contributed by atoms with van der Waals surface area (Å²) in [5, 5.41) is 11.5. The molecule has 7 nitrogen and oxygen atoms in total. The van der Waals surface area contributed by atoms with E-state index >= 15 is 0 Å². The normalized spacial score (nSPS) is 21.1. The number of methoxy groups -OCH3 is 2. The van der Waals surface area contributed by atoms with Crippen LogP contribution in [0.3, 0.4) is 0 Å². The molecule has 1 N–H and O–H groups in total. The molecule has 0 radical (unpaired) electrons. The van der Waals surface area contributed by atoms with E-state index in [9.17, 15) is 18.0 Å². The second kappa shape index (κ2) is 11.3. The highest BCUT2D eigenvalue weighted by atomic mass is 32.1. The quantitative estimate of drug-likeness (QED) is 0.695. The summed E-state index contributed by atoms with van der Waals surface area (Å²) < 4.78 is 42.3. The number of ether oxygens (including phenoxy) is 2. The molecular weight excluding hydrogens is 437 g/mol. The van der Waals surface area contributed by atoms with Crippen LogP contribution in [0, 0.1) is 11.3 Å². The van der Waals surface area contributed by atoms with Crippen LogP contribution in [0.4, 0.5) is 13.2 Å². The molecule has 31 heavy (non-hydrogen) atoms. The van der Waals surface area contributed by atoms with E-state index in [0.29, 0.717) is 5.92 Å². The van der Waals surface area contributed by atoms with Crippen molar-refractivity contribution in [3.63, 3.8) is 0 Å². The molecule has 176 valence electrons. The lowest BCUT2D eigenvalue weighted by Gasteiger charge is -2.42. The maximum Gasteiger partial charge on any atom is 0.490 e. The molecule has 0 saturated carbocycles. The van der Waals surface area contributed by atoms with Crippen molar-refractivity contribution in [3.05, 3.63) is 22.4 Å². The number of alkyl halides is 3. The molecule has 1 amide bonds. The molecule has 2 aliphatic rings. The van der Waals surface area contributed by atoms with E-state index in [1.807, 2.05) is 4.90 Å². The van der Waals surface area contributed by atoms with Crippen LogP contribution < -0.4 is 0 Å². The lowest BCUT2D eigenvalue weighted by atomic mass is 9.71. The molecule has 1 aromatic rings. The van der Waals surface area contributed by atoms with Gasteiger partial charge in [-0.15, -0.1) is 0 Å². The van der Waals surface area contributed by atoms with Crippen molar-refractivity contribution in [2.75, 3.05) is 53.6 Å². The highest BCUT2D eigenvalue weighted by Crippen LogP contribution is 2.45. The Balaban J connectivity index is 0.000000423. The third-order valence-electron chi connectivity index (χ3n) is 5.86. The number of hydrogen-bond donors (Lipinski definition) is 1. The van der Waals surface area contributed by atoms with E-state index < -0.39 is 12.1 Å². The third-order valence-corrected chi connectivity index (χ3v) is 6.59. The Labute approximate surface area is 183 Å². The number of rotatable bonds is 6. The molecule has 1 atom stereocenters. The topological polar surface area (TPSA) is 79.3 Å². The van der Waals surface area contributed by atoms with Gasteiger partial charge in [0.1, 0.15) is 6.61 Å². The number of hydrogen-bond acceptors (Lipinski definition) is 6. The molecule has 0 aliphatic carbocycles. The monoisotopic (exact) mass is 466 g/mol. The Hall–Kier alpha value is -1.69. The third kappa shape index (κ3) is 7.16. The van der Waals surface area contributed by atoms with E-state index in [1.165, 1.54) is 5.56 Å². The summed E-state index contributed by atoms with van der Waals surface area (Å²) in [4.78, 5) is 25.5. The van der Waals surface area contributed by atoms with Crippen molar-refractivity contribution in [2.24, 2.45) is 11.3 Å². The minimum Gasteiger partial charge on any atom is -0.475 e. The highest BCUT2D eigenvalue weighted by molar-refractivity contribution is 7.07. The minimum atomic E-state index is -5.08. The molecule has 3 rings (SSSR count). The van der Waals surface area contributed by atoms with E-state index in [-0.39, 0.29) is 17.9 Å². The molecule has 1 unspecified atom stereocenters. The summed E-state index contributed by atoms with van der Waals surface area (Å²) in [6.45, 7) is 5.92. The van der Waals surface area contributed by atoms with Gasteiger partial charge in [0.15, 0.2) is 0 Å². The number of carboxylic acids is 1. The van der Waals surface area contributed by atoms with Crippen molar-refractivity contribution >= 4 is 23.2 Å². The van der Waals surface area contributed by atoms with Gasteiger partial charge < -0.3 is 19.5 Å². The number of nitrogens with zero attached hydrogens (tertiary/aromatic N) is 2. The second-order valence-electron chi connectivity index (χ2n) is 7.93. The number of carbonyl (C=O) groups excluding carboxylic acids is 1. The van der Waals surface area contributed by atoms with Crippen LogP contribution in [0.15, 0.2) is 16.8 Å². The maximum absolute atomic E-state index is 12.1. The van der Waals surface area contributed by atoms with E-state index in [2.05, 4.69) is 21.7 Å². The first-order valence-corrected chi connectivity index (χ1v) is 10.8. The SMILES string of the molecule is COCC(=O)N1CCC2(CC1)CN(Cc1ccsc1)CC2COC.O=C(O)C(F)(F)F. The molecule has 2 fully saturated rings. The van der Waals surface area contributed by atoms with Gasteiger partial charge in [-0.05, 0) is 40.6 Å². The van der Waals surface area contributed by atoms with Crippen molar-refractivity contribution < 1.29 is 37.3 Å². The van der Waals surface area contributed by atoms with Gasteiger partial charge in [-0.25, -0.2) is 4.79 Å². The zero-order valence-corrected chi connectivity index (χ0v) is 18.5. The minimum absolute atomic E-state index is 0.115. The van der Waals surface area contributed by atoms with Crippen LogP contribution in [0.25, 0.3) is 0 Å². The second-order valence-corrected chi connectivity index (χ2v) is 8.71. The van der Waals surface area contributed by atoms with Crippen molar-refractivity contribution in [1.29, 1.82) is 0 Å². The number of carbonyl (C=O) groups is 2. The number of amides is 1. The molecule has 0 bridgehead atoms. The molecule has 1 spiro atoms. The predicted octanol–water partition coefficient (Wildman–Crippen LogP) is 2.71. The molecule has 11 heteroatoms. The van der Waals surface area contributed by atoms with Crippen LogP contribution in [0.2, 0.25) is 0 Å². The standard InChI is InChI=1S/C18H28N2O3S.C2HF3O2/c1-22-11-16-10-19(9-15-3-8-24-13-15)14-18(16)4-6-20(7-5-18)17(21)12-23-2;3-2(4,5)1(6)7/h3,8,13,16H,4-7,9-12,14H2,1-2H3;(H,6,7). The number of thiophene rings is 1. The van der Waals surface area contributed by atoms with Gasteiger partial charge in [0.05, 0.1) is 6.61 Å². The van der Waals surface area contributed by atoms with Gasteiger partial charge in [-0.2, -0.15) is 24.5 Å². The van der Waals surface area contributed by atoms with Crippen LogP contribution in [-0.4, -0.2) is 86.6 Å². The zero-order valence-electron chi connectivity index (χ0n) is 17.7. The van der Waals surface area contributed by atoms with Crippen molar-refractivity contribution in [2.45, 2.75) is 25.6 Å². The first-order valence-electron chi connectivity index (χ1n) is 9.90. The van der Waals surface area contributed by atoms with Gasteiger partial charge >= 0.3 is 12.1 Å². The summed E-state index contributed by atoms with van der Waals surface area (Å²) >= 11 is 1.76. The fourth-order valence-electron chi connectivity index (χ4n) is 4.32. The summed E-state index contributed by atoms with van der Waals surface area (Å²) in [6.07, 6.45) is -2.95. The number of halogens is 3. The average molecular weight is 467 g/mol. The number of likely N-dealkylation sites (tertiary alicyclic amines) is 2. The molecule has 2 saturated heterocycles. The average Bonchev–Trinajstić information content (AvgIpc) is 3.31. The Bertz CT molecular complexity index is 706. The van der Waals surface area contributed by atoms with Gasteiger partial charge in [-0.1, -0.05) is 0 Å². The number of carboxylic acid groups (broad SMARTS) is 1. The van der Waals surface area contributed by atoms with Gasteiger partial charge in [0.2, 0.25) is 5.91 Å². The molecule has 2 aliphatic heterocycles. The van der Waals surface area contributed by atoms with Crippen LogP contribution in [-0.2, 0) is 25.6 Å². The summed E-state index contributed by atoms with van der Waals surface area (Å²) in [6, 6.07) is 2.22. The molecule has 0 aromatic carbocycles. The van der Waals surface area contributed by atoms with Crippen LogP contribution in [0.1, 0.15) is 18.4 Å². The zero-order chi connectivity index (χ0) is 23.1. The Kier molecular flexibility index (Phi) is 9.28. The number of aliphatic carboxylic acids is 1. The predicted molar refractivity (Wildman–Crippen MR) is 109 cm³/mol. The fraction of sp³-hybridized carbons (Fsp3) is 0.700. The molecular formula is C20H29F3N2O5S. The largest absolute Gasteiger partial charge is 0.490 e. The fourth-order valence-corrected chi connectivity index (χ4v) is 4.98. The van der Waals surface area contributed by atoms with Gasteiger partial charge in [0.25, 0.3) is 0 Å². The molecule has 3 heterocycles. The van der Waals surface area contributed by atoms with Gasteiger partial charge in [-0.3, -0.25) is 9.69 Å². The van der Waals surface area contributed by atoms with E-state index in [4.69, 9.17) is 19.4 Å². The Morgan fingerprint density at radius 3 is 2.39 bits per heavy atom. The first kappa shape index (κ1) is 25.6. The lowest BCUT2D eigenvalue weighted by molar-refractivity contribution is -0.192. The van der Waals surface area contributed by atoms with Crippen molar-refractivity contribution in [3.8, 4) is 0 Å². The van der Waals surface area contributed by atoms with Crippen LogP contribution in [0.5, 0.6) is 0 Å². The van der Waals surface area contributed by atoms with Gasteiger partial charge in [0, 0.05) is 52.9 Å². The summed E-state index contributed by atoms with van der Waals surface area (Å²) in [5.41, 5.74) is 1.69. The number of piperidine rings is 1. The smallest absolute Gasteiger partial charge is 0.475 e. The Morgan fingerprint density at radius 1 is 1.26 bits per heavy atom.